The number of nitrogens with two attached hydrogens (primary N) is 1. The van der Waals surface area contributed by atoms with Crippen LogP contribution in [0.15, 0.2) is 0 Å². The summed E-state index contributed by atoms with van der Waals surface area (Å²) in [6.45, 7) is 3.75. The molecule has 10 heavy (non-hydrogen) atoms. The Morgan fingerprint density at radius 3 is 2.50 bits per heavy atom. The first-order chi connectivity index (χ1) is 4.59. The molecular formula is C7H13NO2. The zero-order chi connectivity index (χ0) is 7.78. The van der Waals surface area contributed by atoms with Crippen LogP contribution in [0.2, 0.25) is 0 Å². The van der Waals surface area contributed by atoms with Crippen LogP contribution in [0.3, 0.4) is 0 Å². The van der Waals surface area contributed by atoms with E-state index >= 15 is 0 Å². The molecule has 0 aliphatic heterocycles. The molecule has 0 bridgehead atoms. The average Bonchev–Trinajstić information content (AvgIpc) is 2.10. The molecule has 1 saturated carbocycles. The van der Waals surface area contributed by atoms with Crippen LogP contribution in [0.1, 0.15) is 26.7 Å². The van der Waals surface area contributed by atoms with Gasteiger partial charge in [0.25, 0.3) is 0 Å². The van der Waals surface area contributed by atoms with Crippen molar-refractivity contribution < 1.29 is 9.63 Å². The van der Waals surface area contributed by atoms with Gasteiger partial charge in [0, 0.05) is 6.42 Å². The lowest BCUT2D eigenvalue weighted by molar-refractivity contribution is -0.128. The first-order valence-electron chi connectivity index (χ1n) is 3.48. The van der Waals surface area contributed by atoms with Crippen LogP contribution >= 0.6 is 0 Å². The van der Waals surface area contributed by atoms with Crippen molar-refractivity contribution in [1.82, 2.24) is 0 Å². The summed E-state index contributed by atoms with van der Waals surface area (Å²) in [5, 5.41) is 0. The lowest BCUT2D eigenvalue weighted by Gasteiger charge is -2.22. The van der Waals surface area contributed by atoms with Gasteiger partial charge < -0.3 is 4.84 Å². The maximum Gasteiger partial charge on any atom is 0.141 e. The van der Waals surface area contributed by atoms with E-state index in [9.17, 15) is 4.79 Å². The van der Waals surface area contributed by atoms with E-state index < -0.39 is 0 Å². The number of Topliss-reactive ketones (excluding diaryl/α,β-unsaturated/α-hetero) is 1. The van der Waals surface area contributed by atoms with Gasteiger partial charge in [-0.25, -0.2) is 5.90 Å². The van der Waals surface area contributed by atoms with Crippen LogP contribution < -0.4 is 5.90 Å². The van der Waals surface area contributed by atoms with Gasteiger partial charge in [-0.05, 0) is 6.42 Å². The second kappa shape index (κ2) is 2.32. The first-order valence-corrected chi connectivity index (χ1v) is 3.48. The minimum atomic E-state index is -0.366. The quantitative estimate of drug-likeness (QED) is 0.548. The third-order valence-corrected chi connectivity index (χ3v) is 2.32. The molecule has 0 spiro atoms. The van der Waals surface area contributed by atoms with Gasteiger partial charge in [0.15, 0.2) is 0 Å². The molecule has 1 aliphatic carbocycles. The highest BCUT2D eigenvalue weighted by Crippen LogP contribution is 2.35. The molecule has 0 amide bonds. The van der Waals surface area contributed by atoms with Crippen molar-refractivity contribution in [2.75, 3.05) is 0 Å². The van der Waals surface area contributed by atoms with Crippen LogP contribution in [-0.4, -0.2) is 11.9 Å². The summed E-state index contributed by atoms with van der Waals surface area (Å²) in [6.07, 6.45) is 1.29. The Bertz CT molecular complexity index is 154. The van der Waals surface area contributed by atoms with Gasteiger partial charge in [0.05, 0.1) is 11.5 Å². The molecule has 0 aromatic carbocycles. The first kappa shape index (κ1) is 7.69. The molecule has 0 aromatic rings. The van der Waals surface area contributed by atoms with Crippen molar-refractivity contribution in [2.45, 2.75) is 32.8 Å². The van der Waals surface area contributed by atoms with E-state index in [0.29, 0.717) is 6.42 Å². The number of ketones is 1. The lowest BCUT2D eigenvalue weighted by atomic mass is 9.88. The maximum absolute atomic E-state index is 11.1. The molecule has 3 nitrogen and oxygen atoms in total. The second-order valence-corrected chi connectivity index (χ2v) is 3.31. The van der Waals surface area contributed by atoms with Gasteiger partial charge >= 0.3 is 0 Å². The third-order valence-electron chi connectivity index (χ3n) is 2.32. The largest absolute Gasteiger partial charge is 0.300 e. The van der Waals surface area contributed by atoms with E-state index in [1.807, 2.05) is 13.8 Å². The van der Waals surface area contributed by atoms with Gasteiger partial charge in [0.1, 0.15) is 5.78 Å². The Hall–Kier alpha value is -0.410. The van der Waals surface area contributed by atoms with Crippen molar-refractivity contribution in [1.29, 1.82) is 0 Å². The van der Waals surface area contributed by atoms with Crippen molar-refractivity contribution in [3.05, 3.63) is 0 Å². The zero-order valence-electron chi connectivity index (χ0n) is 6.39. The minimum Gasteiger partial charge on any atom is -0.300 e. The fraction of sp³-hybridized carbons (Fsp3) is 0.857. The van der Waals surface area contributed by atoms with Crippen LogP contribution in [0.25, 0.3) is 0 Å². The van der Waals surface area contributed by atoms with Gasteiger partial charge in [-0.2, -0.15) is 0 Å². The molecule has 0 radical (unpaired) electrons. The molecule has 2 N–H and O–H groups in total. The third kappa shape index (κ3) is 0.954. The fourth-order valence-corrected chi connectivity index (χ4v) is 1.36. The van der Waals surface area contributed by atoms with Crippen molar-refractivity contribution in [3.8, 4) is 0 Å². The predicted octanol–water partition coefficient (Wildman–Crippen LogP) is 0.634. The molecular weight excluding hydrogens is 130 g/mol. The Morgan fingerprint density at radius 2 is 2.30 bits per heavy atom. The zero-order valence-corrected chi connectivity index (χ0v) is 6.39. The fourth-order valence-electron chi connectivity index (χ4n) is 1.36. The predicted molar refractivity (Wildman–Crippen MR) is 37.1 cm³/mol. The summed E-state index contributed by atoms with van der Waals surface area (Å²) in [5.41, 5.74) is -0.366. The normalized spacial score (nSPS) is 31.1. The standard InChI is InChI=1S/C7H13NO2/c1-7(2)5(9)3-4-6(7)10-8/h6H,3-4,8H2,1-2H3/t6-/m0/s1. The topological polar surface area (TPSA) is 52.3 Å². The SMILES string of the molecule is CC1(C)C(=O)CC[C@@H]1ON. The van der Waals surface area contributed by atoms with Crippen molar-refractivity contribution in [2.24, 2.45) is 11.3 Å². The summed E-state index contributed by atoms with van der Waals surface area (Å²) in [5.74, 6) is 5.27. The van der Waals surface area contributed by atoms with Crippen molar-refractivity contribution in [3.63, 3.8) is 0 Å². The van der Waals surface area contributed by atoms with Crippen LogP contribution in [0.4, 0.5) is 0 Å². The van der Waals surface area contributed by atoms with Gasteiger partial charge in [-0.3, -0.25) is 4.79 Å². The van der Waals surface area contributed by atoms with Crippen LogP contribution in [-0.2, 0) is 9.63 Å². The highest BCUT2D eigenvalue weighted by molar-refractivity contribution is 5.86. The van der Waals surface area contributed by atoms with E-state index in [-0.39, 0.29) is 17.3 Å². The molecule has 0 aromatic heterocycles. The molecule has 1 rings (SSSR count). The Balaban J connectivity index is 2.73. The number of carbonyl (C=O) groups excluding carboxylic acids is 1. The molecule has 0 unspecified atom stereocenters. The Morgan fingerprint density at radius 1 is 1.70 bits per heavy atom. The van der Waals surface area contributed by atoms with Gasteiger partial charge in [0.2, 0.25) is 0 Å². The van der Waals surface area contributed by atoms with Gasteiger partial charge in [-0.1, -0.05) is 13.8 Å². The molecule has 58 valence electrons. The highest BCUT2D eigenvalue weighted by Gasteiger charge is 2.42. The smallest absolute Gasteiger partial charge is 0.141 e. The Labute approximate surface area is 60.5 Å². The minimum absolute atomic E-state index is 0.0833. The molecule has 1 atom stereocenters. The summed E-state index contributed by atoms with van der Waals surface area (Å²) in [7, 11) is 0. The number of carbonyl (C=O) groups is 1. The Kier molecular flexibility index (Phi) is 1.79. The summed E-state index contributed by atoms with van der Waals surface area (Å²) in [6, 6.07) is 0. The molecule has 1 fully saturated rings. The second-order valence-electron chi connectivity index (χ2n) is 3.31. The number of hydrogen-bond donors (Lipinski definition) is 1. The van der Waals surface area contributed by atoms with Crippen LogP contribution in [0, 0.1) is 5.41 Å². The summed E-state index contributed by atoms with van der Waals surface area (Å²) < 4.78 is 0. The van der Waals surface area contributed by atoms with Gasteiger partial charge in [-0.15, -0.1) is 0 Å². The molecule has 0 saturated heterocycles. The monoisotopic (exact) mass is 143 g/mol. The lowest BCUT2D eigenvalue weighted by Crippen LogP contribution is -2.33. The number of rotatable bonds is 1. The van der Waals surface area contributed by atoms with E-state index in [1.54, 1.807) is 0 Å². The molecule has 1 aliphatic rings. The van der Waals surface area contributed by atoms with E-state index in [0.717, 1.165) is 6.42 Å². The van der Waals surface area contributed by atoms with E-state index in [4.69, 9.17) is 5.90 Å². The summed E-state index contributed by atoms with van der Waals surface area (Å²) >= 11 is 0. The average molecular weight is 143 g/mol. The summed E-state index contributed by atoms with van der Waals surface area (Å²) in [4.78, 5) is 15.8. The molecule has 0 heterocycles. The van der Waals surface area contributed by atoms with E-state index in [2.05, 4.69) is 4.84 Å². The maximum atomic E-state index is 11.1. The number of hydrogen-bond acceptors (Lipinski definition) is 3. The molecule has 3 heteroatoms. The van der Waals surface area contributed by atoms with Crippen molar-refractivity contribution >= 4 is 5.78 Å². The van der Waals surface area contributed by atoms with Crippen LogP contribution in [0.5, 0.6) is 0 Å². The van der Waals surface area contributed by atoms with E-state index in [1.165, 1.54) is 0 Å². The highest BCUT2D eigenvalue weighted by atomic mass is 16.6.